The smallest absolute Gasteiger partial charge is 0.245 e. The van der Waals surface area contributed by atoms with Crippen LogP contribution in [0.2, 0.25) is 0 Å². The molecule has 5 nitrogen and oxygen atoms in total. The van der Waals surface area contributed by atoms with E-state index in [0.717, 1.165) is 34.7 Å². The molecule has 0 fully saturated rings. The van der Waals surface area contributed by atoms with E-state index in [1.807, 2.05) is 36.6 Å². The Kier molecular flexibility index (Phi) is 7.74. The van der Waals surface area contributed by atoms with Gasteiger partial charge in [0.15, 0.2) is 0 Å². The zero-order chi connectivity index (χ0) is 19.9. The molecule has 0 saturated carbocycles. The molecule has 0 saturated heterocycles. The molecule has 146 valence electrons. The number of carbonyl (C=O) groups is 1. The lowest BCUT2D eigenvalue weighted by Crippen LogP contribution is -2.37. The van der Waals surface area contributed by atoms with Crippen molar-refractivity contribution in [2.24, 2.45) is 0 Å². The maximum atomic E-state index is 12.4. The average Bonchev–Trinajstić information content (AvgIpc) is 2.64. The average molecular weight is 407 g/mol. The second-order valence-corrected chi connectivity index (χ2v) is 9.11. The molecule has 0 unspecified atom stereocenters. The molecule has 0 aliphatic rings. The Morgan fingerprint density at radius 2 is 1.85 bits per heavy atom. The summed E-state index contributed by atoms with van der Waals surface area (Å²) < 4.78 is 25.5. The summed E-state index contributed by atoms with van der Waals surface area (Å²) in [7, 11) is -3.58. The molecule has 7 heteroatoms. The molecular weight excluding hydrogens is 380 g/mol. The third kappa shape index (κ3) is 6.59. The van der Waals surface area contributed by atoms with E-state index in [2.05, 4.69) is 12.2 Å². The molecule has 27 heavy (non-hydrogen) atoms. The highest BCUT2D eigenvalue weighted by atomic mass is 32.2. The first-order chi connectivity index (χ1) is 12.8. The minimum Gasteiger partial charge on any atom is -0.325 e. The van der Waals surface area contributed by atoms with Crippen LogP contribution < -0.4 is 9.62 Å². The fourth-order valence-electron chi connectivity index (χ4n) is 2.63. The second-order valence-electron chi connectivity index (χ2n) is 6.32. The number of aryl methyl sites for hydroxylation is 1. The van der Waals surface area contributed by atoms with Crippen LogP contribution in [0.5, 0.6) is 0 Å². The third-order valence-corrected chi connectivity index (χ3v) is 5.95. The number of hydrogen-bond acceptors (Lipinski definition) is 4. The summed E-state index contributed by atoms with van der Waals surface area (Å²) in [6, 6.07) is 14.8. The molecule has 0 aliphatic carbocycles. The number of carbonyl (C=O) groups excluding carboxylic acids is 1. The molecule has 0 radical (unpaired) electrons. The lowest BCUT2D eigenvalue weighted by Gasteiger charge is -2.22. The van der Waals surface area contributed by atoms with Gasteiger partial charge in [-0.2, -0.15) is 0 Å². The van der Waals surface area contributed by atoms with E-state index < -0.39 is 10.0 Å². The van der Waals surface area contributed by atoms with Crippen molar-refractivity contribution in [1.29, 1.82) is 0 Å². The van der Waals surface area contributed by atoms with E-state index >= 15 is 0 Å². The van der Waals surface area contributed by atoms with Crippen LogP contribution in [0.1, 0.15) is 25.3 Å². The second kappa shape index (κ2) is 9.80. The number of unbranched alkanes of at least 4 members (excludes halogenated alkanes) is 1. The van der Waals surface area contributed by atoms with Gasteiger partial charge in [0, 0.05) is 10.6 Å². The van der Waals surface area contributed by atoms with Crippen LogP contribution in [-0.2, 0) is 21.2 Å². The Bertz CT molecular complexity index is 865. The summed E-state index contributed by atoms with van der Waals surface area (Å²) in [5.41, 5.74) is 2.36. The lowest BCUT2D eigenvalue weighted by molar-refractivity contribution is -0.114. The third-order valence-electron chi connectivity index (χ3n) is 4.09. The van der Waals surface area contributed by atoms with Crippen LogP contribution in [0, 0.1) is 0 Å². The molecule has 0 atom stereocenters. The molecular formula is C20H26N2O3S2. The van der Waals surface area contributed by atoms with Crippen LogP contribution >= 0.6 is 11.8 Å². The zero-order valence-corrected chi connectivity index (χ0v) is 17.6. The molecule has 0 heterocycles. The maximum Gasteiger partial charge on any atom is 0.245 e. The SMILES string of the molecule is CCCCc1ccc(NC(=O)CN(c2cccc(SC)c2)S(C)(=O)=O)cc1. The van der Waals surface area contributed by atoms with Crippen molar-refractivity contribution in [1.82, 2.24) is 0 Å². The summed E-state index contributed by atoms with van der Waals surface area (Å²) in [5.74, 6) is -0.378. The molecule has 1 N–H and O–H groups in total. The first-order valence-corrected chi connectivity index (χ1v) is 11.9. The van der Waals surface area contributed by atoms with Gasteiger partial charge in [0.1, 0.15) is 6.54 Å². The number of rotatable bonds is 9. The summed E-state index contributed by atoms with van der Waals surface area (Å²) in [6.07, 6.45) is 6.30. The first-order valence-electron chi connectivity index (χ1n) is 8.84. The summed E-state index contributed by atoms with van der Waals surface area (Å²) in [5, 5.41) is 2.78. The largest absolute Gasteiger partial charge is 0.325 e. The molecule has 0 aliphatic heterocycles. The minimum atomic E-state index is -3.58. The highest BCUT2D eigenvalue weighted by Crippen LogP contribution is 2.24. The topological polar surface area (TPSA) is 66.5 Å². The quantitative estimate of drug-likeness (QED) is 0.635. The van der Waals surface area contributed by atoms with E-state index in [9.17, 15) is 13.2 Å². The summed E-state index contributed by atoms with van der Waals surface area (Å²) in [6.45, 7) is 1.88. The van der Waals surface area contributed by atoms with Gasteiger partial charge in [-0.3, -0.25) is 9.10 Å². The van der Waals surface area contributed by atoms with Crippen LogP contribution in [-0.4, -0.2) is 33.4 Å². The molecule has 0 bridgehead atoms. The Balaban J connectivity index is 2.10. The van der Waals surface area contributed by atoms with Crippen molar-refractivity contribution in [2.75, 3.05) is 28.7 Å². The van der Waals surface area contributed by atoms with E-state index in [-0.39, 0.29) is 12.5 Å². The number of sulfonamides is 1. The summed E-state index contributed by atoms with van der Waals surface area (Å²) in [4.78, 5) is 13.4. The zero-order valence-electron chi connectivity index (χ0n) is 15.9. The number of nitrogens with zero attached hydrogens (tertiary/aromatic N) is 1. The first kappa shape index (κ1) is 21.3. The predicted molar refractivity (Wildman–Crippen MR) is 114 cm³/mol. The van der Waals surface area contributed by atoms with Crippen LogP contribution in [0.15, 0.2) is 53.4 Å². The van der Waals surface area contributed by atoms with Gasteiger partial charge in [-0.05, 0) is 55.0 Å². The molecule has 2 aromatic rings. The van der Waals surface area contributed by atoms with Crippen LogP contribution in [0.4, 0.5) is 11.4 Å². The van der Waals surface area contributed by atoms with Gasteiger partial charge >= 0.3 is 0 Å². The van der Waals surface area contributed by atoms with Gasteiger partial charge in [0.25, 0.3) is 0 Å². The van der Waals surface area contributed by atoms with Crippen LogP contribution in [0.25, 0.3) is 0 Å². The standard InChI is InChI=1S/C20H26N2O3S2/c1-4-5-7-16-10-12-17(13-11-16)21-20(23)15-22(27(3,24)25)18-8-6-9-19(14-18)26-2/h6,8-14H,4-5,7,15H2,1-3H3,(H,21,23). The fraction of sp³-hybridized carbons (Fsp3) is 0.350. The number of amides is 1. The fourth-order valence-corrected chi connectivity index (χ4v) is 3.93. The Hall–Kier alpha value is -1.99. The molecule has 2 rings (SSSR count). The van der Waals surface area contributed by atoms with E-state index in [0.29, 0.717) is 11.4 Å². The van der Waals surface area contributed by atoms with Gasteiger partial charge in [0.05, 0.1) is 11.9 Å². The van der Waals surface area contributed by atoms with Gasteiger partial charge in [-0.15, -0.1) is 11.8 Å². The van der Waals surface area contributed by atoms with Crippen molar-refractivity contribution >= 4 is 39.1 Å². The van der Waals surface area contributed by atoms with E-state index in [1.54, 1.807) is 18.2 Å². The maximum absolute atomic E-state index is 12.4. The number of benzene rings is 2. The van der Waals surface area contributed by atoms with Crippen molar-refractivity contribution in [3.63, 3.8) is 0 Å². The van der Waals surface area contributed by atoms with Crippen molar-refractivity contribution in [3.8, 4) is 0 Å². The predicted octanol–water partition coefficient (Wildman–Crippen LogP) is 4.16. The Morgan fingerprint density at radius 3 is 2.44 bits per heavy atom. The van der Waals surface area contributed by atoms with Gasteiger partial charge < -0.3 is 5.32 Å². The number of anilines is 2. The minimum absolute atomic E-state index is 0.270. The van der Waals surface area contributed by atoms with E-state index in [1.165, 1.54) is 17.3 Å². The number of thioether (sulfide) groups is 1. The summed E-state index contributed by atoms with van der Waals surface area (Å²) >= 11 is 1.52. The highest BCUT2D eigenvalue weighted by Gasteiger charge is 2.21. The number of nitrogens with one attached hydrogen (secondary N) is 1. The highest BCUT2D eigenvalue weighted by molar-refractivity contribution is 7.98. The number of hydrogen-bond donors (Lipinski definition) is 1. The molecule has 2 aromatic carbocycles. The molecule has 0 spiro atoms. The Labute approximate surface area is 166 Å². The molecule has 1 amide bonds. The van der Waals surface area contributed by atoms with Crippen molar-refractivity contribution in [2.45, 2.75) is 31.1 Å². The van der Waals surface area contributed by atoms with Gasteiger partial charge in [-0.25, -0.2) is 8.42 Å². The monoisotopic (exact) mass is 406 g/mol. The van der Waals surface area contributed by atoms with Crippen molar-refractivity contribution < 1.29 is 13.2 Å². The Morgan fingerprint density at radius 1 is 1.15 bits per heavy atom. The lowest BCUT2D eigenvalue weighted by atomic mass is 10.1. The van der Waals surface area contributed by atoms with Gasteiger partial charge in [0.2, 0.25) is 15.9 Å². The van der Waals surface area contributed by atoms with Gasteiger partial charge in [-0.1, -0.05) is 31.5 Å². The van der Waals surface area contributed by atoms with Crippen molar-refractivity contribution in [3.05, 3.63) is 54.1 Å². The normalized spacial score (nSPS) is 11.2. The van der Waals surface area contributed by atoms with E-state index in [4.69, 9.17) is 0 Å². The molecule has 0 aromatic heterocycles. The van der Waals surface area contributed by atoms with Crippen LogP contribution in [0.3, 0.4) is 0 Å².